The van der Waals surface area contributed by atoms with Gasteiger partial charge in [-0.05, 0) is 39.2 Å². The van der Waals surface area contributed by atoms with Crippen LogP contribution in [0.1, 0.15) is 40.5 Å². The number of carbonyl (C=O) groups is 1. The van der Waals surface area contributed by atoms with Crippen LogP contribution in [0.5, 0.6) is 0 Å². The Hall–Kier alpha value is -0.610. The van der Waals surface area contributed by atoms with E-state index in [9.17, 15) is 4.79 Å². The third-order valence-electron chi connectivity index (χ3n) is 3.23. The van der Waals surface area contributed by atoms with Gasteiger partial charge in [-0.3, -0.25) is 4.79 Å². The van der Waals surface area contributed by atoms with Crippen molar-refractivity contribution >= 4 is 5.91 Å². The lowest BCUT2D eigenvalue weighted by Gasteiger charge is -2.33. The van der Waals surface area contributed by atoms with Crippen molar-refractivity contribution in [1.82, 2.24) is 10.2 Å². The summed E-state index contributed by atoms with van der Waals surface area (Å²) in [6, 6.07) is 0.514. The van der Waals surface area contributed by atoms with Crippen molar-refractivity contribution in [2.24, 2.45) is 5.92 Å². The van der Waals surface area contributed by atoms with Crippen molar-refractivity contribution in [3.8, 4) is 0 Å². The predicted molar refractivity (Wildman–Crippen MR) is 73.5 cm³/mol. The molecule has 1 fully saturated rings. The first-order chi connectivity index (χ1) is 8.49. The van der Waals surface area contributed by atoms with Gasteiger partial charge in [-0.15, -0.1) is 0 Å². The first kappa shape index (κ1) is 15.4. The van der Waals surface area contributed by atoms with Crippen LogP contribution < -0.4 is 5.32 Å². The zero-order chi connectivity index (χ0) is 13.5. The second-order valence-electron chi connectivity index (χ2n) is 5.77. The lowest BCUT2D eigenvalue weighted by atomic mass is 9.97. The molecule has 1 saturated heterocycles. The van der Waals surface area contributed by atoms with E-state index in [0.717, 1.165) is 26.1 Å². The first-order valence-electron chi connectivity index (χ1n) is 7.11. The molecule has 4 nitrogen and oxygen atoms in total. The number of carbonyl (C=O) groups excluding carboxylic acids is 1. The van der Waals surface area contributed by atoms with Crippen LogP contribution in [0.2, 0.25) is 0 Å². The van der Waals surface area contributed by atoms with Crippen LogP contribution in [0.4, 0.5) is 0 Å². The van der Waals surface area contributed by atoms with Gasteiger partial charge in [0.1, 0.15) is 6.61 Å². The molecule has 0 bridgehead atoms. The minimum atomic E-state index is 0.122. The van der Waals surface area contributed by atoms with Crippen LogP contribution in [-0.4, -0.2) is 49.2 Å². The number of hydrogen-bond acceptors (Lipinski definition) is 3. The molecule has 1 heterocycles. The molecule has 0 radical (unpaired) electrons. The number of hydrogen-bond donors (Lipinski definition) is 1. The van der Waals surface area contributed by atoms with E-state index in [0.29, 0.717) is 12.0 Å². The van der Waals surface area contributed by atoms with E-state index in [1.54, 1.807) is 0 Å². The number of likely N-dealkylation sites (tertiary alicyclic amines) is 1. The van der Waals surface area contributed by atoms with Gasteiger partial charge in [0.25, 0.3) is 0 Å². The first-order valence-corrected chi connectivity index (χ1v) is 7.11. The van der Waals surface area contributed by atoms with Crippen molar-refractivity contribution in [3.63, 3.8) is 0 Å². The highest BCUT2D eigenvalue weighted by Gasteiger charge is 2.23. The maximum Gasteiger partial charge on any atom is 0.248 e. The van der Waals surface area contributed by atoms with E-state index >= 15 is 0 Å². The fourth-order valence-corrected chi connectivity index (χ4v) is 2.19. The Morgan fingerprint density at radius 2 is 2.11 bits per heavy atom. The van der Waals surface area contributed by atoms with E-state index in [1.165, 1.54) is 6.42 Å². The summed E-state index contributed by atoms with van der Waals surface area (Å²) in [5.41, 5.74) is 0. The molecule has 1 N–H and O–H groups in total. The lowest BCUT2D eigenvalue weighted by molar-refractivity contribution is -0.139. The average molecular weight is 256 g/mol. The smallest absolute Gasteiger partial charge is 0.248 e. The Bertz CT molecular complexity index is 254. The normalized spacial score (nSPS) is 20.8. The Labute approximate surface area is 111 Å². The third kappa shape index (κ3) is 5.83. The molecule has 0 aromatic heterocycles. The number of nitrogens with one attached hydrogen (secondary N) is 1. The highest BCUT2D eigenvalue weighted by atomic mass is 16.5. The molecule has 1 unspecified atom stereocenters. The zero-order valence-electron chi connectivity index (χ0n) is 12.2. The lowest BCUT2D eigenvalue weighted by Crippen LogP contribution is -2.45. The Morgan fingerprint density at radius 3 is 2.72 bits per heavy atom. The van der Waals surface area contributed by atoms with Gasteiger partial charge in [0.2, 0.25) is 5.91 Å². The van der Waals surface area contributed by atoms with Gasteiger partial charge >= 0.3 is 0 Å². The fourth-order valence-electron chi connectivity index (χ4n) is 2.19. The Morgan fingerprint density at radius 1 is 1.39 bits per heavy atom. The molecular weight excluding hydrogens is 228 g/mol. The molecule has 0 aliphatic carbocycles. The van der Waals surface area contributed by atoms with E-state index in [4.69, 9.17) is 4.74 Å². The molecule has 1 aliphatic rings. The summed E-state index contributed by atoms with van der Waals surface area (Å²) in [5.74, 6) is 0.724. The summed E-state index contributed by atoms with van der Waals surface area (Å²) in [6.45, 7) is 11.2. The minimum absolute atomic E-state index is 0.122. The Balaban J connectivity index is 2.31. The number of ether oxygens (including phenoxy) is 1. The SMILES string of the molecule is CC(C)NCC1CCCN(C(=O)COC(C)C)C1. The van der Waals surface area contributed by atoms with Crippen LogP contribution in [0, 0.1) is 5.92 Å². The van der Waals surface area contributed by atoms with Crippen LogP contribution in [-0.2, 0) is 9.53 Å². The molecule has 0 aromatic carbocycles. The summed E-state index contributed by atoms with van der Waals surface area (Å²) < 4.78 is 5.38. The minimum Gasteiger partial charge on any atom is -0.369 e. The molecule has 0 aromatic rings. The largest absolute Gasteiger partial charge is 0.369 e. The number of amides is 1. The highest BCUT2D eigenvalue weighted by Crippen LogP contribution is 2.16. The van der Waals surface area contributed by atoms with Gasteiger partial charge in [-0.25, -0.2) is 0 Å². The molecule has 0 spiro atoms. The van der Waals surface area contributed by atoms with E-state index in [1.807, 2.05) is 18.7 Å². The summed E-state index contributed by atoms with van der Waals surface area (Å²) in [6.07, 6.45) is 2.45. The molecule has 1 rings (SSSR count). The van der Waals surface area contributed by atoms with E-state index in [-0.39, 0.29) is 18.6 Å². The van der Waals surface area contributed by atoms with Gasteiger partial charge in [-0.1, -0.05) is 13.8 Å². The number of nitrogens with zero attached hydrogens (tertiary/aromatic N) is 1. The Kier molecular flexibility index (Phi) is 6.65. The molecule has 1 aliphatic heterocycles. The predicted octanol–water partition coefficient (Wildman–Crippen LogP) is 1.65. The maximum absolute atomic E-state index is 12.0. The molecule has 0 saturated carbocycles. The maximum atomic E-state index is 12.0. The van der Waals surface area contributed by atoms with E-state index in [2.05, 4.69) is 19.2 Å². The second-order valence-corrected chi connectivity index (χ2v) is 5.77. The topological polar surface area (TPSA) is 41.6 Å². The average Bonchev–Trinajstić information content (AvgIpc) is 2.33. The summed E-state index contributed by atoms with van der Waals surface area (Å²) in [5, 5.41) is 3.46. The quantitative estimate of drug-likeness (QED) is 0.785. The van der Waals surface area contributed by atoms with Gasteiger partial charge in [0.05, 0.1) is 6.10 Å². The molecule has 1 amide bonds. The van der Waals surface area contributed by atoms with Crippen LogP contribution in [0.25, 0.3) is 0 Å². The molecule has 18 heavy (non-hydrogen) atoms. The van der Waals surface area contributed by atoms with Gasteiger partial charge in [0, 0.05) is 19.1 Å². The van der Waals surface area contributed by atoms with Crippen LogP contribution in [0.15, 0.2) is 0 Å². The summed E-state index contributed by atoms with van der Waals surface area (Å²) in [4.78, 5) is 13.9. The fraction of sp³-hybridized carbons (Fsp3) is 0.929. The van der Waals surface area contributed by atoms with Crippen molar-refractivity contribution < 1.29 is 9.53 Å². The molecular formula is C14H28N2O2. The van der Waals surface area contributed by atoms with Gasteiger partial charge in [-0.2, -0.15) is 0 Å². The van der Waals surface area contributed by atoms with Crippen molar-refractivity contribution in [2.75, 3.05) is 26.2 Å². The number of piperidine rings is 1. The molecule has 1 atom stereocenters. The molecule has 106 valence electrons. The summed E-state index contributed by atoms with van der Waals surface area (Å²) >= 11 is 0. The highest BCUT2D eigenvalue weighted by molar-refractivity contribution is 5.77. The van der Waals surface area contributed by atoms with Gasteiger partial charge in [0.15, 0.2) is 0 Å². The van der Waals surface area contributed by atoms with Crippen molar-refractivity contribution in [3.05, 3.63) is 0 Å². The van der Waals surface area contributed by atoms with Crippen molar-refractivity contribution in [2.45, 2.75) is 52.7 Å². The van der Waals surface area contributed by atoms with Crippen molar-refractivity contribution in [1.29, 1.82) is 0 Å². The van der Waals surface area contributed by atoms with Crippen LogP contribution >= 0.6 is 0 Å². The summed E-state index contributed by atoms with van der Waals surface area (Å²) in [7, 11) is 0. The number of rotatable bonds is 6. The molecule has 4 heteroatoms. The third-order valence-corrected chi connectivity index (χ3v) is 3.23. The zero-order valence-corrected chi connectivity index (χ0v) is 12.2. The monoisotopic (exact) mass is 256 g/mol. The van der Waals surface area contributed by atoms with Gasteiger partial charge < -0.3 is 15.0 Å². The standard InChI is InChI=1S/C14H28N2O2/c1-11(2)15-8-13-6-5-7-16(9-13)14(17)10-18-12(3)4/h11-13,15H,5-10H2,1-4H3. The van der Waals surface area contributed by atoms with Crippen LogP contribution in [0.3, 0.4) is 0 Å². The second kappa shape index (κ2) is 7.74. The van der Waals surface area contributed by atoms with E-state index < -0.39 is 0 Å².